The van der Waals surface area contributed by atoms with Gasteiger partial charge in [0.05, 0.1) is 0 Å². The summed E-state index contributed by atoms with van der Waals surface area (Å²) in [6, 6.07) is 7.49. The lowest BCUT2D eigenvalue weighted by molar-refractivity contribution is 0.404. The molecule has 0 bridgehead atoms. The van der Waals surface area contributed by atoms with E-state index in [0.717, 1.165) is 6.42 Å². The number of nitrogens with one attached hydrogen (secondary N) is 1. The highest BCUT2D eigenvalue weighted by Crippen LogP contribution is 2.26. The predicted molar refractivity (Wildman–Crippen MR) is 79.1 cm³/mol. The van der Waals surface area contributed by atoms with Crippen LogP contribution in [0.3, 0.4) is 0 Å². The maximum atomic E-state index is 6.21. The zero-order chi connectivity index (χ0) is 13.1. The fourth-order valence-electron chi connectivity index (χ4n) is 2.69. The van der Waals surface area contributed by atoms with E-state index in [2.05, 4.69) is 44.3 Å². The van der Waals surface area contributed by atoms with Crippen LogP contribution in [0.2, 0.25) is 0 Å². The number of rotatable bonds is 3. The molecule has 2 atom stereocenters. The third-order valence-electron chi connectivity index (χ3n) is 4.09. The zero-order valence-corrected chi connectivity index (χ0v) is 11.9. The maximum Gasteiger partial charge on any atom is 0.0412 e. The summed E-state index contributed by atoms with van der Waals surface area (Å²) >= 11 is 0. The van der Waals surface area contributed by atoms with Gasteiger partial charge in [-0.05, 0) is 42.9 Å². The first kappa shape index (κ1) is 13.4. The smallest absolute Gasteiger partial charge is 0.0412 e. The number of hydrogen-bond acceptors (Lipinski definition) is 2. The highest BCUT2D eigenvalue weighted by Gasteiger charge is 2.21. The molecule has 0 radical (unpaired) electrons. The normalized spacial score (nSPS) is 24.3. The van der Waals surface area contributed by atoms with Gasteiger partial charge in [0, 0.05) is 17.8 Å². The first-order valence-corrected chi connectivity index (χ1v) is 7.20. The summed E-state index contributed by atoms with van der Waals surface area (Å²) in [5.74, 6) is 0.575. The van der Waals surface area contributed by atoms with Crippen molar-refractivity contribution in [3.8, 4) is 0 Å². The van der Waals surface area contributed by atoms with Crippen molar-refractivity contribution in [2.24, 2.45) is 5.73 Å². The van der Waals surface area contributed by atoms with Crippen LogP contribution < -0.4 is 11.1 Å². The molecule has 0 spiro atoms. The summed E-state index contributed by atoms with van der Waals surface area (Å²) in [4.78, 5) is 0. The Kier molecular flexibility index (Phi) is 4.28. The van der Waals surface area contributed by atoms with Crippen molar-refractivity contribution in [3.63, 3.8) is 0 Å². The second-order valence-electron chi connectivity index (χ2n) is 5.93. The molecule has 100 valence electrons. The summed E-state index contributed by atoms with van der Waals surface area (Å²) in [5.41, 5.74) is 10.2. The molecule has 0 saturated heterocycles. The average molecular weight is 246 g/mol. The van der Waals surface area contributed by atoms with Crippen molar-refractivity contribution >= 4 is 5.69 Å². The Morgan fingerprint density at radius 2 is 1.94 bits per heavy atom. The molecule has 18 heavy (non-hydrogen) atoms. The fraction of sp³-hybridized carbons (Fsp3) is 0.625. The molecule has 1 aliphatic rings. The Morgan fingerprint density at radius 1 is 1.22 bits per heavy atom. The SMILES string of the molecule is Cc1ccc(C(C)C)cc1NC1CCCCC1N. The first-order valence-electron chi connectivity index (χ1n) is 7.20. The minimum Gasteiger partial charge on any atom is -0.381 e. The number of anilines is 1. The largest absolute Gasteiger partial charge is 0.381 e. The van der Waals surface area contributed by atoms with Crippen LogP contribution in [0.15, 0.2) is 18.2 Å². The Balaban J connectivity index is 2.14. The molecule has 1 saturated carbocycles. The van der Waals surface area contributed by atoms with E-state index >= 15 is 0 Å². The summed E-state index contributed by atoms with van der Waals surface area (Å²) in [7, 11) is 0. The highest BCUT2D eigenvalue weighted by atomic mass is 15.0. The van der Waals surface area contributed by atoms with Crippen molar-refractivity contribution in [1.29, 1.82) is 0 Å². The van der Waals surface area contributed by atoms with Gasteiger partial charge in [0.2, 0.25) is 0 Å². The van der Waals surface area contributed by atoms with E-state index in [1.165, 1.54) is 36.1 Å². The predicted octanol–water partition coefficient (Wildman–Crippen LogP) is 3.80. The molecule has 0 heterocycles. The van der Waals surface area contributed by atoms with Crippen LogP contribution in [0.1, 0.15) is 56.6 Å². The quantitative estimate of drug-likeness (QED) is 0.851. The third kappa shape index (κ3) is 3.05. The van der Waals surface area contributed by atoms with E-state index in [0.29, 0.717) is 18.0 Å². The molecule has 2 rings (SSSR count). The molecule has 0 aliphatic heterocycles. The lowest BCUT2D eigenvalue weighted by atomic mass is 9.90. The second kappa shape index (κ2) is 5.75. The van der Waals surface area contributed by atoms with E-state index in [1.807, 2.05) is 0 Å². The molecule has 2 nitrogen and oxygen atoms in total. The van der Waals surface area contributed by atoms with Gasteiger partial charge < -0.3 is 11.1 Å². The Hall–Kier alpha value is -1.02. The Morgan fingerprint density at radius 3 is 2.61 bits per heavy atom. The summed E-state index contributed by atoms with van der Waals surface area (Å²) in [6.07, 6.45) is 4.94. The van der Waals surface area contributed by atoms with Gasteiger partial charge in [0.15, 0.2) is 0 Å². The van der Waals surface area contributed by atoms with Crippen LogP contribution in [0.4, 0.5) is 5.69 Å². The van der Waals surface area contributed by atoms with E-state index < -0.39 is 0 Å². The van der Waals surface area contributed by atoms with Gasteiger partial charge >= 0.3 is 0 Å². The van der Waals surface area contributed by atoms with Crippen molar-refractivity contribution in [1.82, 2.24) is 0 Å². The van der Waals surface area contributed by atoms with Crippen molar-refractivity contribution < 1.29 is 0 Å². The Bertz CT molecular complexity index is 398. The number of hydrogen-bond donors (Lipinski definition) is 2. The van der Waals surface area contributed by atoms with Crippen LogP contribution in [-0.4, -0.2) is 12.1 Å². The van der Waals surface area contributed by atoms with Crippen LogP contribution in [0.5, 0.6) is 0 Å². The minimum absolute atomic E-state index is 0.306. The monoisotopic (exact) mass is 246 g/mol. The van der Waals surface area contributed by atoms with Crippen molar-refractivity contribution in [2.45, 2.75) is 64.5 Å². The number of aryl methyl sites for hydroxylation is 1. The topological polar surface area (TPSA) is 38.0 Å². The number of nitrogens with two attached hydrogens (primary N) is 1. The maximum absolute atomic E-state index is 6.21. The van der Waals surface area contributed by atoms with Gasteiger partial charge in [0.1, 0.15) is 0 Å². The summed E-state index contributed by atoms with van der Waals surface area (Å²) < 4.78 is 0. The van der Waals surface area contributed by atoms with Gasteiger partial charge in [-0.2, -0.15) is 0 Å². The van der Waals surface area contributed by atoms with E-state index in [1.54, 1.807) is 0 Å². The molecule has 1 aromatic rings. The Labute approximate surface area is 111 Å². The lowest BCUT2D eigenvalue weighted by Crippen LogP contribution is -2.42. The van der Waals surface area contributed by atoms with Crippen LogP contribution in [0, 0.1) is 6.92 Å². The van der Waals surface area contributed by atoms with Crippen LogP contribution in [0.25, 0.3) is 0 Å². The molecule has 2 unspecified atom stereocenters. The third-order valence-corrected chi connectivity index (χ3v) is 4.09. The zero-order valence-electron chi connectivity index (χ0n) is 11.9. The molecular weight excluding hydrogens is 220 g/mol. The standard InChI is InChI=1S/C16H26N2/c1-11(2)13-9-8-12(3)16(10-13)18-15-7-5-4-6-14(15)17/h8-11,14-15,18H,4-7,17H2,1-3H3. The molecular formula is C16H26N2. The second-order valence-corrected chi connectivity index (χ2v) is 5.93. The first-order chi connectivity index (χ1) is 8.58. The average Bonchev–Trinajstić information content (AvgIpc) is 2.34. The molecule has 0 aromatic heterocycles. The highest BCUT2D eigenvalue weighted by molar-refractivity contribution is 5.54. The lowest BCUT2D eigenvalue weighted by Gasteiger charge is -2.31. The molecule has 1 aromatic carbocycles. The molecule has 3 N–H and O–H groups in total. The molecule has 2 heteroatoms. The van der Waals surface area contributed by atoms with E-state index in [9.17, 15) is 0 Å². The molecule has 1 aliphatic carbocycles. The van der Waals surface area contributed by atoms with Crippen LogP contribution >= 0.6 is 0 Å². The summed E-state index contributed by atoms with van der Waals surface area (Å²) in [5, 5.41) is 3.67. The van der Waals surface area contributed by atoms with Crippen LogP contribution in [-0.2, 0) is 0 Å². The van der Waals surface area contributed by atoms with Gasteiger partial charge in [-0.3, -0.25) is 0 Å². The minimum atomic E-state index is 0.306. The van der Waals surface area contributed by atoms with Crippen molar-refractivity contribution in [2.75, 3.05) is 5.32 Å². The fourth-order valence-corrected chi connectivity index (χ4v) is 2.69. The summed E-state index contributed by atoms with van der Waals surface area (Å²) in [6.45, 7) is 6.64. The van der Waals surface area contributed by atoms with E-state index in [4.69, 9.17) is 5.73 Å². The van der Waals surface area contributed by atoms with Gasteiger partial charge in [-0.15, -0.1) is 0 Å². The van der Waals surface area contributed by atoms with Gasteiger partial charge in [-0.1, -0.05) is 38.8 Å². The van der Waals surface area contributed by atoms with E-state index in [-0.39, 0.29) is 0 Å². The van der Waals surface area contributed by atoms with Crippen molar-refractivity contribution in [3.05, 3.63) is 29.3 Å². The molecule has 0 amide bonds. The number of benzene rings is 1. The van der Waals surface area contributed by atoms with Gasteiger partial charge in [-0.25, -0.2) is 0 Å². The van der Waals surface area contributed by atoms with Gasteiger partial charge in [0.25, 0.3) is 0 Å². The molecule has 1 fully saturated rings.